The van der Waals surface area contributed by atoms with Gasteiger partial charge in [-0.3, -0.25) is 9.59 Å². The van der Waals surface area contributed by atoms with Crippen LogP contribution in [0.4, 0.5) is 4.39 Å². The van der Waals surface area contributed by atoms with E-state index >= 15 is 0 Å². The third-order valence-electron chi connectivity index (χ3n) is 2.92. The minimum Gasteiger partial charge on any atom is -0.298 e. The van der Waals surface area contributed by atoms with Crippen molar-refractivity contribution in [3.05, 3.63) is 71.0 Å². The highest BCUT2D eigenvalue weighted by Crippen LogP contribution is 2.12. The van der Waals surface area contributed by atoms with E-state index in [1.807, 2.05) is 0 Å². The number of hydrogen-bond acceptors (Lipinski definition) is 2. The van der Waals surface area contributed by atoms with Crippen LogP contribution in [0, 0.1) is 5.82 Å². The van der Waals surface area contributed by atoms with Crippen LogP contribution in [0.1, 0.15) is 32.7 Å². The number of aldehydes is 1. The lowest BCUT2D eigenvalue weighted by atomic mass is 10.0. The normalized spacial score (nSPS) is 10.2. The van der Waals surface area contributed by atoms with E-state index in [1.54, 1.807) is 42.5 Å². The van der Waals surface area contributed by atoms with Crippen LogP contribution in [0.2, 0.25) is 0 Å². The molecule has 0 radical (unpaired) electrons. The predicted octanol–water partition coefficient (Wildman–Crippen LogP) is 3.45. The van der Waals surface area contributed by atoms with E-state index in [0.29, 0.717) is 29.4 Å². The zero-order valence-corrected chi connectivity index (χ0v) is 10.3. The van der Waals surface area contributed by atoms with E-state index < -0.39 is 0 Å². The van der Waals surface area contributed by atoms with Gasteiger partial charge < -0.3 is 0 Å². The number of rotatable bonds is 5. The monoisotopic (exact) mass is 256 g/mol. The molecule has 0 fully saturated rings. The Hall–Kier alpha value is -2.29. The maximum atomic E-state index is 13.4. The van der Waals surface area contributed by atoms with Gasteiger partial charge in [-0.25, -0.2) is 4.39 Å². The first-order valence-electron chi connectivity index (χ1n) is 6.02. The van der Waals surface area contributed by atoms with Gasteiger partial charge in [0.1, 0.15) is 12.1 Å². The average Bonchev–Trinajstić information content (AvgIpc) is 2.46. The van der Waals surface area contributed by atoms with Crippen LogP contribution in [0.3, 0.4) is 0 Å². The Labute approximate surface area is 110 Å². The number of halogens is 1. The van der Waals surface area contributed by atoms with Crippen molar-refractivity contribution in [2.75, 3.05) is 0 Å². The van der Waals surface area contributed by atoms with Gasteiger partial charge >= 0.3 is 0 Å². The molecule has 0 saturated heterocycles. The predicted molar refractivity (Wildman–Crippen MR) is 70.9 cm³/mol. The summed E-state index contributed by atoms with van der Waals surface area (Å²) in [6, 6.07) is 12.9. The first-order chi connectivity index (χ1) is 9.20. The largest absolute Gasteiger partial charge is 0.298 e. The molecule has 0 aliphatic heterocycles. The molecule has 0 aliphatic rings. The molecule has 0 amide bonds. The second-order valence-corrected chi connectivity index (χ2v) is 4.26. The molecular weight excluding hydrogens is 243 g/mol. The molecule has 2 aromatic rings. The number of Topliss-reactive ketones (excluding diaryl/α,β-unsaturated/α-hetero) is 1. The first kappa shape index (κ1) is 13.1. The van der Waals surface area contributed by atoms with E-state index in [9.17, 15) is 14.0 Å². The number of ketones is 1. The molecule has 3 heteroatoms. The summed E-state index contributed by atoms with van der Waals surface area (Å²) in [7, 11) is 0. The van der Waals surface area contributed by atoms with E-state index in [-0.39, 0.29) is 18.0 Å². The van der Waals surface area contributed by atoms with Crippen LogP contribution >= 0.6 is 0 Å². The molecule has 0 aromatic heterocycles. The quantitative estimate of drug-likeness (QED) is 0.606. The Morgan fingerprint density at radius 3 is 2.63 bits per heavy atom. The van der Waals surface area contributed by atoms with Crippen molar-refractivity contribution in [1.82, 2.24) is 0 Å². The second-order valence-electron chi connectivity index (χ2n) is 4.26. The third kappa shape index (κ3) is 3.35. The summed E-state index contributed by atoms with van der Waals surface area (Å²) in [5, 5.41) is 0. The van der Waals surface area contributed by atoms with Crippen molar-refractivity contribution in [2.45, 2.75) is 12.8 Å². The fraction of sp³-hybridized carbons (Fsp3) is 0.125. The molecule has 0 aliphatic carbocycles. The minimum atomic E-state index is -0.294. The first-order valence-corrected chi connectivity index (χ1v) is 6.02. The number of hydrogen-bond donors (Lipinski definition) is 0. The van der Waals surface area contributed by atoms with Crippen LogP contribution in [0.15, 0.2) is 48.5 Å². The number of aryl methyl sites for hydroxylation is 1. The van der Waals surface area contributed by atoms with Crippen LogP contribution in [-0.2, 0) is 6.42 Å². The Bertz CT molecular complexity index is 605. The summed E-state index contributed by atoms with van der Waals surface area (Å²) in [6.07, 6.45) is 1.29. The molecule has 19 heavy (non-hydrogen) atoms. The standard InChI is InChI=1S/C16H13FO2/c17-15-7-2-1-5-13(15)8-9-16(19)14-6-3-4-12(10-14)11-18/h1-7,10-11H,8-9H2. The number of carbonyl (C=O) groups is 2. The van der Waals surface area contributed by atoms with Gasteiger partial charge in [0.05, 0.1) is 0 Å². The van der Waals surface area contributed by atoms with Crippen molar-refractivity contribution >= 4 is 12.1 Å². The molecule has 96 valence electrons. The SMILES string of the molecule is O=Cc1cccc(C(=O)CCc2ccccc2F)c1. The zero-order chi connectivity index (χ0) is 13.7. The lowest BCUT2D eigenvalue weighted by Crippen LogP contribution is -2.03. The molecule has 0 atom stereocenters. The molecule has 0 spiro atoms. The van der Waals surface area contributed by atoms with E-state index in [0.717, 1.165) is 0 Å². The number of benzene rings is 2. The highest BCUT2D eigenvalue weighted by Gasteiger charge is 2.08. The molecule has 0 bridgehead atoms. The Balaban J connectivity index is 2.05. The molecule has 0 unspecified atom stereocenters. The molecule has 0 N–H and O–H groups in total. The summed E-state index contributed by atoms with van der Waals surface area (Å²) in [5.74, 6) is -0.385. The fourth-order valence-corrected chi connectivity index (χ4v) is 1.88. The molecule has 2 nitrogen and oxygen atoms in total. The highest BCUT2D eigenvalue weighted by molar-refractivity contribution is 5.97. The topological polar surface area (TPSA) is 34.1 Å². The van der Waals surface area contributed by atoms with E-state index in [1.165, 1.54) is 6.07 Å². The minimum absolute atomic E-state index is 0.0908. The van der Waals surface area contributed by atoms with Gasteiger partial charge in [0.15, 0.2) is 5.78 Å². The molecule has 0 heterocycles. The molecule has 2 rings (SSSR count). The van der Waals surface area contributed by atoms with Crippen molar-refractivity contribution in [2.24, 2.45) is 0 Å². The summed E-state index contributed by atoms with van der Waals surface area (Å²) in [4.78, 5) is 22.6. The summed E-state index contributed by atoms with van der Waals surface area (Å²) in [5.41, 5.74) is 1.49. The van der Waals surface area contributed by atoms with Gasteiger partial charge in [0, 0.05) is 17.5 Å². The lowest BCUT2D eigenvalue weighted by Gasteiger charge is -2.03. The lowest BCUT2D eigenvalue weighted by molar-refractivity contribution is 0.0982. The average molecular weight is 256 g/mol. The fourth-order valence-electron chi connectivity index (χ4n) is 1.88. The smallest absolute Gasteiger partial charge is 0.163 e. The summed E-state index contributed by atoms with van der Waals surface area (Å²) in [6.45, 7) is 0. The highest BCUT2D eigenvalue weighted by atomic mass is 19.1. The van der Waals surface area contributed by atoms with Gasteiger partial charge in [-0.2, -0.15) is 0 Å². The van der Waals surface area contributed by atoms with Gasteiger partial charge in [-0.05, 0) is 24.1 Å². The van der Waals surface area contributed by atoms with Gasteiger partial charge in [-0.15, -0.1) is 0 Å². The van der Waals surface area contributed by atoms with Crippen molar-refractivity contribution in [3.63, 3.8) is 0 Å². The van der Waals surface area contributed by atoms with E-state index in [2.05, 4.69) is 0 Å². The third-order valence-corrected chi connectivity index (χ3v) is 2.92. The van der Waals surface area contributed by atoms with Crippen molar-refractivity contribution < 1.29 is 14.0 Å². The second kappa shape index (κ2) is 6.05. The molecular formula is C16H13FO2. The van der Waals surface area contributed by atoms with Gasteiger partial charge in [0.2, 0.25) is 0 Å². The van der Waals surface area contributed by atoms with Crippen molar-refractivity contribution in [1.29, 1.82) is 0 Å². The van der Waals surface area contributed by atoms with Crippen LogP contribution in [0.5, 0.6) is 0 Å². The van der Waals surface area contributed by atoms with E-state index in [4.69, 9.17) is 0 Å². The Morgan fingerprint density at radius 2 is 1.89 bits per heavy atom. The zero-order valence-electron chi connectivity index (χ0n) is 10.3. The Kier molecular flexibility index (Phi) is 4.18. The Morgan fingerprint density at radius 1 is 1.11 bits per heavy atom. The van der Waals surface area contributed by atoms with Gasteiger partial charge in [0.25, 0.3) is 0 Å². The maximum absolute atomic E-state index is 13.4. The van der Waals surface area contributed by atoms with Crippen molar-refractivity contribution in [3.8, 4) is 0 Å². The van der Waals surface area contributed by atoms with Crippen LogP contribution in [0.25, 0.3) is 0 Å². The molecule has 2 aromatic carbocycles. The van der Waals surface area contributed by atoms with Crippen LogP contribution in [-0.4, -0.2) is 12.1 Å². The molecule has 0 saturated carbocycles. The summed E-state index contributed by atoms with van der Waals surface area (Å²) >= 11 is 0. The summed E-state index contributed by atoms with van der Waals surface area (Å²) < 4.78 is 13.4. The van der Waals surface area contributed by atoms with Crippen LogP contribution < -0.4 is 0 Å². The van der Waals surface area contributed by atoms with Gasteiger partial charge in [-0.1, -0.05) is 36.4 Å². The maximum Gasteiger partial charge on any atom is 0.163 e. The number of carbonyl (C=O) groups excluding carboxylic acids is 2.